The molecule has 0 fully saturated rings. The van der Waals surface area contributed by atoms with E-state index in [-0.39, 0.29) is 12.5 Å². The molecule has 3 aromatic rings. The summed E-state index contributed by atoms with van der Waals surface area (Å²) in [6.07, 6.45) is 5.17. The second-order valence-electron chi connectivity index (χ2n) is 6.08. The van der Waals surface area contributed by atoms with Crippen molar-refractivity contribution < 1.29 is 13.6 Å². The van der Waals surface area contributed by atoms with E-state index in [4.69, 9.17) is 0 Å². The Hall–Kier alpha value is -3.16. The predicted molar refractivity (Wildman–Crippen MR) is 88.2 cm³/mol. The average Bonchev–Trinajstić information content (AvgIpc) is 3.06. The zero-order valence-electron chi connectivity index (χ0n) is 13.8. The van der Waals surface area contributed by atoms with Gasteiger partial charge in [-0.2, -0.15) is 5.10 Å². The highest BCUT2D eigenvalue weighted by atomic mass is 19.1. The molecule has 1 aliphatic rings. The summed E-state index contributed by atoms with van der Waals surface area (Å²) in [4.78, 5) is 22.0. The molecule has 0 atom stereocenters. The first kappa shape index (κ1) is 16.3. The molecule has 0 saturated carbocycles. The second-order valence-corrected chi connectivity index (χ2v) is 6.08. The monoisotopic (exact) mass is 355 g/mol. The number of carbonyl (C=O) groups excluding carboxylic acids is 1. The summed E-state index contributed by atoms with van der Waals surface area (Å²) in [5.74, 6) is -1.35. The molecule has 0 spiro atoms. The zero-order valence-corrected chi connectivity index (χ0v) is 13.8. The lowest BCUT2D eigenvalue weighted by Crippen LogP contribution is -2.36. The highest BCUT2D eigenvalue weighted by Gasteiger charge is 2.25. The summed E-state index contributed by atoms with van der Waals surface area (Å²) in [6, 6.07) is 5.11. The Morgan fingerprint density at radius 3 is 2.88 bits per heavy atom. The summed E-state index contributed by atoms with van der Waals surface area (Å²) in [5.41, 5.74) is 2.60. The minimum Gasteiger partial charge on any atom is -0.332 e. The Morgan fingerprint density at radius 2 is 2.12 bits per heavy atom. The molecule has 0 unspecified atom stereocenters. The standard InChI is InChI=1S/C18H15F2N5O/c19-14-2-1-12(15(20)7-14)10-25-17-4-6-24(9-13(17)8-23-25)18(26)16-3-5-21-11-22-16/h1-3,5,7-8,11H,4,6,9-10H2. The molecule has 26 heavy (non-hydrogen) atoms. The van der Waals surface area contributed by atoms with Crippen LogP contribution >= 0.6 is 0 Å². The summed E-state index contributed by atoms with van der Waals surface area (Å²) < 4.78 is 28.6. The maximum atomic E-state index is 13.9. The molecular formula is C18H15F2N5O. The van der Waals surface area contributed by atoms with Crippen LogP contribution in [0, 0.1) is 11.6 Å². The number of rotatable bonds is 3. The van der Waals surface area contributed by atoms with Gasteiger partial charge in [0.05, 0.1) is 12.7 Å². The number of carbonyl (C=O) groups is 1. The molecular weight excluding hydrogens is 340 g/mol. The van der Waals surface area contributed by atoms with E-state index in [0.717, 1.165) is 17.3 Å². The van der Waals surface area contributed by atoms with Gasteiger partial charge in [0.25, 0.3) is 5.91 Å². The number of hydrogen-bond donors (Lipinski definition) is 0. The van der Waals surface area contributed by atoms with Gasteiger partial charge in [-0.3, -0.25) is 9.48 Å². The third-order valence-electron chi connectivity index (χ3n) is 4.44. The van der Waals surface area contributed by atoms with Crippen LogP contribution in [-0.4, -0.2) is 37.1 Å². The van der Waals surface area contributed by atoms with Crippen LogP contribution in [0.2, 0.25) is 0 Å². The van der Waals surface area contributed by atoms with Crippen molar-refractivity contribution in [2.75, 3.05) is 6.54 Å². The number of aromatic nitrogens is 4. The first-order valence-corrected chi connectivity index (χ1v) is 8.14. The van der Waals surface area contributed by atoms with E-state index in [9.17, 15) is 13.6 Å². The Morgan fingerprint density at radius 1 is 1.23 bits per heavy atom. The lowest BCUT2D eigenvalue weighted by atomic mass is 10.1. The van der Waals surface area contributed by atoms with Gasteiger partial charge in [-0.05, 0) is 12.1 Å². The van der Waals surface area contributed by atoms with Crippen LogP contribution in [0.25, 0.3) is 0 Å². The van der Waals surface area contributed by atoms with Crippen LogP contribution < -0.4 is 0 Å². The number of hydrogen-bond acceptors (Lipinski definition) is 4. The maximum absolute atomic E-state index is 13.9. The van der Waals surface area contributed by atoms with Gasteiger partial charge < -0.3 is 4.90 Å². The van der Waals surface area contributed by atoms with Gasteiger partial charge in [0.2, 0.25) is 0 Å². The van der Waals surface area contributed by atoms with Crippen molar-refractivity contribution >= 4 is 5.91 Å². The Bertz CT molecular complexity index is 957. The third-order valence-corrected chi connectivity index (χ3v) is 4.44. The Labute approximate surface area is 148 Å². The molecule has 1 amide bonds. The normalized spacial score (nSPS) is 13.5. The van der Waals surface area contributed by atoms with Gasteiger partial charge in [-0.15, -0.1) is 0 Å². The minimum atomic E-state index is -0.604. The van der Waals surface area contributed by atoms with E-state index in [2.05, 4.69) is 15.1 Å². The molecule has 4 rings (SSSR count). The lowest BCUT2D eigenvalue weighted by Gasteiger charge is -2.27. The second kappa shape index (κ2) is 6.62. The van der Waals surface area contributed by atoms with Gasteiger partial charge in [-0.25, -0.2) is 18.7 Å². The Balaban J connectivity index is 1.53. The van der Waals surface area contributed by atoms with Crippen molar-refractivity contribution in [3.05, 3.63) is 77.1 Å². The molecule has 0 radical (unpaired) electrons. The van der Waals surface area contributed by atoms with E-state index in [1.165, 1.54) is 24.7 Å². The van der Waals surface area contributed by atoms with Crippen molar-refractivity contribution in [3.8, 4) is 0 Å². The van der Waals surface area contributed by atoms with Gasteiger partial charge in [0, 0.05) is 48.6 Å². The van der Waals surface area contributed by atoms with Crippen molar-refractivity contribution in [1.82, 2.24) is 24.6 Å². The van der Waals surface area contributed by atoms with Gasteiger partial charge >= 0.3 is 0 Å². The first-order valence-electron chi connectivity index (χ1n) is 8.14. The lowest BCUT2D eigenvalue weighted by molar-refractivity contribution is 0.0727. The quantitative estimate of drug-likeness (QED) is 0.723. The SMILES string of the molecule is O=C(c1ccncn1)N1CCc2c(cnn2Cc2ccc(F)cc2F)C1. The molecule has 2 aromatic heterocycles. The summed E-state index contributed by atoms with van der Waals surface area (Å²) >= 11 is 0. The largest absolute Gasteiger partial charge is 0.332 e. The Kier molecular flexibility index (Phi) is 4.16. The first-order chi connectivity index (χ1) is 12.6. The average molecular weight is 355 g/mol. The molecule has 6 nitrogen and oxygen atoms in total. The van der Waals surface area contributed by atoms with E-state index in [1.807, 2.05) is 0 Å². The molecule has 1 aliphatic heterocycles. The number of amides is 1. The van der Waals surface area contributed by atoms with Crippen molar-refractivity contribution in [3.63, 3.8) is 0 Å². The summed E-state index contributed by atoms with van der Waals surface area (Å²) in [5, 5.41) is 4.32. The smallest absolute Gasteiger partial charge is 0.272 e. The fourth-order valence-electron chi connectivity index (χ4n) is 3.10. The highest BCUT2D eigenvalue weighted by Crippen LogP contribution is 2.21. The van der Waals surface area contributed by atoms with Gasteiger partial charge in [-0.1, -0.05) is 6.07 Å². The van der Waals surface area contributed by atoms with E-state index >= 15 is 0 Å². The van der Waals surface area contributed by atoms with E-state index in [1.54, 1.807) is 21.8 Å². The van der Waals surface area contributed by atoms with E-state index in [0.29, 0.717) is 30.8 Å². The summed E-state index contributed by atoms with van der Waals surface area (Å²) in [6.45, 7) is 1.17. The van der Waals surface area contributed by atoms with Crippen LogP contribution in [0.1, 0.15) is 27.3 Å². The van der Waals surface area contributed by atoms with Crippen LogP contribution in [-0.2, 0) is 19.5 Å². The van der Waals surface area contributed by atoms with Crippen molar-refractivity contribution in [1.29, 1.82) is 0 Å². The van der Waals surface area contributed by atoms with Gasteiger partial charge in [0.15, 0.2) is 0 Å². The topological polar surface area (TPSA) is 63.9 Å². The highest BCUT2D eigenvalue weighted by molar-refractivity contribution is 5.92. The maximum Gasteiger partial charge on any atom is 0.272 e. The molecule has 0 aliphatic carbocycles. The molecule has 0 bridgehead atoms. The van der Waals surface area contributed by atoms with Crippen molar-refractivity contribution in [2.24, 2.45) is 0 Å². The van der Waals surface area contributed by atoms with Crippen molar-refractivity contribution in [2.45, 2.75) is 19.5 Å². The molecule has 132 valence electrons. The zero-order chi connectivity index (χ0) is 18.1. The van der Waals surface area contributed by atoms with Crippen LogP contribution in [0.15, 0.2) is 43.0 Å². The van der Waals surface area contributed by atoms with Gasteiger partial charge in [0.1, 0.15) is 23.7 Å². The number of fused-ring (bicyclic) bond motifs is 1. The number of halogens is 2. The fraction of sp³-hybridized carbons (Fsp3) is 0.222. The molecule has 3 heterocycles. The fourth-order valence-corrected chi connectivity index (χ4v) is 3.10. The molecule has 0 N–H and O–H groups in total. The number of nitrogens with zero attached hydrogens (tertiary/aromatic N) is 5. The van der Waals surface area contributed by atoms with Crippen LogP contribution in [0.4, 0.5) is 8.78 Å². The van der Waals surface area contributed by atoms with E-state index < -0.39 is 11.6 Å². The molecule has 0 saturated heterocycles. The van der Waals surface area contributed by atoms with Crippen LogP contribution in [0.5, 0.6) is 0 Å². The predicted octanol–water partition coefficient (Wildman–Crippen LogP) is 2.20. The van der Waals surface area contributed by atoms with Crippen LogP contribution in [0.3, 0.4) is 0 Å². The molecule has 1 aromatic carbocycles. The third kappa shape index (κ3) is 3.05. The minimum absolute atomic E-state index is 0.157. The number of benzene rings is 1. The summed E-state index contributed by atoms with van der Waals surface area (Å²) in [7, 11) is 0. The molecule has 8 heteroatoms.